The Balaban J connectivity index is 1.81. The molecule has 0 saturated heterocycles. The Bertz CT molecular complexity index is 636. The third kappa shape index (κ3) is 3.20. The van der Waals surface area contributed by atoms with E-state index in [1.165, 1.54) is 12.8 Å². The summed E-state index contributed by atoms with van der Waals surface area (Å²) in [5.41, 5.74) is 3.34. The van der Waals surface area contributed by atoms with Crippen LogP contribution in [0.25, 0.3) is 11.1 Å². The van der Waals surface area contributed by atoms with E-state index in [9.17, 15) is 0 Å². The van der Waals surface area contributed by atoms with Crippen LogP contribution in [0.4, 0.5) is 0 Å². The van der Waals surface area contributed by atoms with Gasteiger partial charge in [-0.05, 0) is 50.6 Å². The number of nitrogens with one attached hydrogen (secondary N) is 1. The second kappa shape index (κ2) is 5.66. The quantitative estimate of drug-likeness (QED) is 0.911. The van der Waals surface area contributed by atoms with Crippen molar-refractivity contribution in [3.8, 4) is 16.9 Å². The van der Waals surface area contributed by atoms with Crippen molar-refractivity contribution >= 4 is 11.6 Å². The number of aryl methyl sites for hydroxylation is 1. The van der Waals surface area contributed by atoms with Crippen LogP contribution in [0.3, 0.4) is 0 Å². The van der Waals surface area contributed by atoms with Gasteiger partial charge < -0.3 is 10.1 Å². The number of aromatic nitrogens is 1. The fourth-order valence-corrected chi connectivity index (χ4v) is 2.48. The van der Waals surface area contributed by atoms with Crippen molar-refractivity contribution in [2.45, 2.75) is 25.3 Å². The third-order valence-corrected chi connectivity index (χ3v) is 4.37. The highest BCUT2D eigenvalue weighted by atomic mass is 35.5. The zero-order valence-electron chi connectivity index (χ0n) is 12.3. The van der Waals surface area contributed by atoms with Gasteiger partial charge in [0.05, 0.1) is 11.7 Å². The van der Waals surface area contributed by atoms with Crippen molar-refractivity contribution in [3.05, 3.63) is 47.2 Å². The van der Waals surface area contributed by atoms with E-state index in [1.807, 2.05) is 38.2 Å². The first-order valence-electron chi connectivity index (χ1n) is 7.16. The molecule has 0 bridgehead atoms. The summed E-state index contributed by atoms with van der Waals surface area (Å²) in [6.45, 7) is 2.69. The summed E-state index contributed by atoms with van der Waals surface area (Å²) in [6, 6.07) is 9.85. The van der Waals surface area contributed by atoms with Crippen LogP contribution in [0, 0.1) is 6.92 Å². The molecule has 4 heteroatoms. The van der Waals surface area contributed by atoms with Crippen molar-refractivity contribution in [2.75, 3.05) is 13.7 Å². The van der Waals surface area contributed by atoms with Crippen LogP contribution in [0.5, 0.6) is 5.75 Å². The fraction of sp³-hybridized carbons (Fsp3) is 0.353. The van der Waals surface area contributed by atoms with Crippen LogP contribution in [0.15, 0.2) is 36.5 Å². The molecule has 1 aromatic carbocycles. The van der Waals surface area contributed by atoms with E-state index in [-0.39, 0.29) is 5.54 Å². The average molecular weight is 303 g/mol. The number of likely N-dealkylation sites (N-methyl/N-ethyl adjacent to an activating group) is 1. The minimum atomic E-state index is 0.172. The summed E-state index contributed by atoms with van der Waals surface area (Å²) in [6.07, 6.45) is 4.14. The molecule has 0 radical (unpaired) electrons. The topological polar surface area (TPSA) is 34.1 Å². The van der Waals surface area contributed by atoms with E-state index < -0.39 is 0 Å². The van der Waals surface area contributed by atoms with Crippen LogP contribution < -0.4 is 10.1 Å². The van der Waals surface area contributed by atoms with Crippen LogP contribution in [0.1, 0.15) is 18.5 Å². The minimum absolute atomic E-state index is 0.172. The van der Waals surface area contributed by atoms with Gasteiger partial charge in [0.25, 0.3) is 0 Å². The lowest BCUT2D eigenvalue weighted by atomic mass is 10.0. The molecular weight excluding hydrogens is 284 g/mol. The van der Waals surface area contributed by atoms with E-state index in [4.69, 9.17) is 16.3 Å². The lowest BCUT2D eigenvalue weighted by Gasteiger charge is -2.16. The monoisotopic (exact) mass is 302 g/mol. The van der Waals surface area contributed by atoms with Gasteiger partial charge in [-0.1, -0.05) is 23.7 Å². The molecule has 1 aliphatic carbocycles. The van der Waals surface area contributed by atoms with Crippen LogP contribution >= 0.6 is 11.6 Å². The molecule has 3 rings (SSSR count). The molecule has 21 heavy (non-hydrogen) atoms. The molecule has 0 aliphatic heterocycles. The standard InChI is InChI=1S/C17H19ClN2O/c1-12-16(13-3-5-14(18)6-4-13)9-15(10-20-12)21-11-17(19-2)7-8-17/h3-6,9-10,19H,7-8,11H2,1-2H3. The summed E-state index contributed by atoms with van der Waals surface area (Å²) in [5.74, 6) is 0.812. The molecule has 1 N–H and O–H groups in total. The maximum atomic E-state index is 5.95. The zero-order valence-corrected chi connectivity index (χ0v) is 13.1. The second-order valence-electron chi connectivity index (χ2n) is 5.63. The van der Waals surface area contributed by atoms with E-state index in [0.29, 0.717) is 6.61 Å². The smallest absolute Gasteiger partial charge is 0.138 e. The number of nitrogens with zero attached hydrogens (tertiary/aromatic N) is 1. The highest BCUT2D eigenvalue weighted by molar-refractivity contribution is 6.30. The Morgan fingerprint density at radius 2 is 2.00 bits per heavy atom. The van der Waals surface area contributed by atoms with Gasteiger partial charge >= 0.3 is 0 Å². The molecule has 3 nitrogen and oxygen atoms in total. The number of ether oxygens (including phenoxy) is 1. The Morgan fingerprint density at radius 3 is 2.62 bits per heavy atom. The Morgan fingerprint density at radius 1 is 1.29 bits per heavy atom. The summed E-state index contributed by atoms with van der Waals surface area (Å²) < 4.78 is 5.91. The van der Waals surface area contributed by atoms with Gasteiger partial charge in [0.2, 0.25) is 0 Å². The predicted octanol–water partition coefficient (Wildman–Crippen LogP) is 3.84. The molecule has 0 amide bonds. The first-order valence-corrected chi connectivity index (χ1v) is 7.54. The van der Waals surface area contributed by atoms with Gasteiger partial charge in [0.1, 0.15) is 12.4 Å². The lowest BCUT2D eigenvalue weighted by molar-refractivity contribution is 0.259. The number of halogens is 1. The van der Waals surface area contributed by atoms with E-state index >= 15 is 0 Å². The molecule has 1 heterocycles. The first-order chi connectivity index (χ1) is 10.1. The summed E-state index contributed by atoms with van der Waals surface area (Å²) >= 11 is 5.95. The number of rotatable bonds is 5. The lowest BCUT2D eigenvalue weighted by Crippen LogP contribution is -2.33. The van der Waals surface area contributed by atoms with E-state index in [2.05, 4.69) is 16.4 Å². The largest absolute Gasteiger partial charge is 0.490 e. The molecule has 0 unspecified atom stereocenters. The summed E-state index contributed by atoms with van der Waals surface area (Å²) in [7, 11) is 1.99. The van der Waals surface area contributed by atoms with Gasteiger partial charge in [0, 0.05) is 16.3 Å². The minimum Gasteiger partial charge on any atom is -0.490 e. The second-order valence-corrected chi connectivity index (χ2v) is 6.07. The van der Waals surface area contributed by atoms with Crippen molar-refractivity contribution in [2.24, 2.45) is 0 Å². The van der Waals surface area contributed by atoms with Gasteiger partial charge in [-0.2, -0.15) is 0 Å². The Hall–Kier alpha value is -1.58. The van der Waals surface area contributed by atoms with Gasteiger partial charge in [-0.25, -0.2) is 0 Å². The molecule has 1 saturated carbocycles. The maximum Gasteiger partial charge on any atom is 0.138 e. The molecule has 2 aromatic rings. The average Bonchev–Trinajstić information content (AvgIpc) is 3.28. The third-order valence-electron chi connectivity index (χ3n) is 4.12. The molecule has 110 valence electrons. The number of pyridine rings is 1. The fourth-order valence-electron chi connectivity index (χ4n) is 2.35. The molecule has 0 atom stereocenters. The van der Waals surface area contributed by atoms with Gasteiger partial charge in [-0.15, -0.1) is 0 Å². The highest BCUT2D eigenvalue weighted by Crippen LogP contribution is 2.35. The molecule has 0 spiro atoms. The summed E-state index contributed by atoms with van der Waals surface area (Å²) in [4.78, 5) is 4.45. The number of hydrogen-bond donors (Lipinski definition) is 1. The SMILES string of the molecule is CNC1(COc2cnc(C)c(-c3ccc(Cl)cc3)c2)CC1. The van der Waals surface area contributed by atoms with Crippen molar-refractivity contribution in [3.63, 3.8) is 0 Å². The molecule has 1 fully saturated rings. The van der Waals surface area contributed by atoms with Crippen LogP contribution in [-0.2, 0) is 0 Å². The van der Waals surface area contributed by atoms with E-state index in [0.717, 1.165) is 27.6 Å². The first kappa shape index (κ1) is 14.4. The highest BCUT2D eigenvalue weighted by Gasteiger charge is 2.41. The Kier molecular flexibility index (Phi) is 3.87. The van der Waals surface area contributed by atoms with Crippen molar-refractivity contribution < 1.29 is 4.74 Å². The van der Waals surface area contributed by atoms with Crippen molar-refractivity contribution in [1.82, 2.24) is 10.3 Å². The van der Waals surface area contributed by atoms with Gasteiger partial charge in [-0.3, -0.25) is 4.98 Å². The van der Waals surface area contributed by atoms with E-state index in [1.54, 1.807) is 6.20 Å². The molecule has 1 aliphatic rings. The maximum absolute atomic E-state index is 5.95. The van der Waals surface area contributed by atoms with Crippen molar-refractivity contribution in [1.29, 1.82) is 0 Å². The Labute approximate surface area is 130 Å². The van der Waals surface area contributed by atoms with Crippen LogP contribution in [-0.4, -0.2) is 24.2 Å². The summed E-state index contributed by atoms with van der Waals surface area (Å²) in [5, 5.41) is 4.06. The normalized spacial score (nSPS) is 15.8. The van der Waals surface area contributed by atoms with Crippen LogP contribution in [0.2, 0.25) is 5.02 Å². The predicted molar refractivity (Wildman–Crippen MR) is 85.9 cm³/mol. The number of hydrogen-bond acceptors (Lipinski definition) is 3. The molecular formula is C17H19ClN2O. The zero-order chi connectivity index (χ0) is 14.9. The number of benzene rings is 1. The van der Waals surface area contributed by atoms with Gasteiger partial charge in [0.15, 0.2) is 0 Å². The molecule has 1 aromatic heterocycles.